The highest BCUT2D eigenvalue weighted by atomic mass is 35.5. The van der Waals surface area contributed by atoms with Gasteiger partial charge in [0.1, 0.15) is 5.75 Å². The molecule has 13 heavy (non-hydrogen) atoms. The Hall–Kier alpha value is -1.35. The molecule has 0 aliphatic carbocycles. The van der Waals surface area contributed by atoms with E-state index in [1.165, 1.54) is 6.07 Å². The lowest BCUT2D eigenvalue weighted by Gasteiger charge is -2.06. The molecule has 4 heteroatoms. The number of phenolic OH excluding ortho intramolecular Hbond substituents is 1. The summed E-state index contributed by atoms with van der Waals surface area (Å²) in [5.41, 5.74) is 0.562. The van der Waals surface area contributed by atoms with Gasteiger partial charge in [0, 0.05) is 5.02 Å². The minimum atomic E-state index is -0.313. The fraction of sp³-hybridized carbons (Fsp3) is 0.111. The fourth-order valence-electron chi connectivity index (χ4n) is 1.01. The van der Waals surface area contributed by atoms with Gasteiger partial charge in [0.2, 0.25) is 0 Å². The zero-order valence-corrected chi connectivity index (χ0v) is 7.63. The average Bonchev–Trinajstić information content (AvgIpc) is 2.12. The lowest BCUT2D eigenvalue weighted by molar-refractivity contribution is 0.112. The van der Waals surface area contributed by atoms with Crippen LogP contribution in [0.5, 0.6) is 5.75 Å². The fourth-order valence-corrected chi connectivity index (χ4v) is 1.23. The first kappa shape index (κ1) is 9.74. The molecule has 0 aliphatic heterocycles. The molecule has 0 bridgehead atoms. The third kappa shape index (κ3) is 1.55. The van der Waals surface area contributed by atoms with E-state index in [1.54, 1.807) is 6.92 Å². The second kappa shape index (κ2) is 3.58. The van der Waals surface area contributed by atoms with Crippen LogP contribution < -0.4 is 0 Å². The molecule has 0 radical (unpaired) electrons. The van der Waals surface area contributed by atoms with Gasteiger partial charge >= 0.3 is 0 Å². The van der Waals surface area contributed by atoms with E-state index in [9.17, 15) is 14.7 Å². The van der Waals surface area contributed by atoms with Crippen LogP contribution in [0.15, 0.2) is 6.07 Å². The molecule has 0 aliphatic rings. The van der Waals surface area contributed by atoms with Crippen LogP contribution in [0, 0.1) is 6.92 Å². The number of rotatable bonds is 2. The zero-order chi connectivity index (χ0) is 10.0. The molecule has 3 nitrogen and oxygen atoms in total. The van der Waals surface area contributed by atoms with E-state index in [-0.39, 0.29) is 16.9 Å². The van der Waals surface area contributed by atoms with Gasteiger partial charge in [0.25, 0.3) is 0 Å². The van der Waals surface area contributed by atoms with E-state index < -0.39 is 0 Å². The van der Waals surface area contributed by atoms with Gasteiger partial charge in [-0.3, -0.25) is 9.59 Å². The summed E-state index contributed by atoms with van der Waals surface area (Å²) in [4.78, 5) is 21.0. The van der Waals surface area contributed by atoms with Gasteiger partial charge in [0.15, 0.2) is 12.6 Å². The zero-order valence-electron chi connectivity index (χ0n) is 6.87. The Morgan fingerprint density at radius 2 is 2.00 bits per heavy atom. The number of halogens is 1. The number of carbonyl (C=O) groups is 2. The molecular weight excluding hydrogens is 192 g/mol. The molecule has 0 spiro atoms. The molecule has 0 saturated heterocycles. The lowest BCUT2D eigenvalue weighted by atomic mass is 10.0. The summed E-state index contributed by atoms with van der Waals surface area (Å²) in [6.07, 6.45) is 0.928. The first-order valence-electron chi connectivity index (χ1n) is 3.54. The van der Waals surface area contributed by atoms with E-state index in [4.69, 9.17) is 11.6 Å². The van der Waals surface area contributed by atoms with Gasteiger partial charge < -0.3 is 5.11 Å². The monoisotopic (exact) mass is 198 g/mol. The summed E-state index contributed by atoms with van der Waals surface area (Å²) in [6, 6.07) is 1.33. The van der Waals surface area contributed by atoms with Crippen molar-refractivity contribution < 1.29 is 14.7 Å². The van der Waals surface area contributed by atoms with E-state index in [1.807, 2.05) is 0 Å². The van der Waals surface area contributed by atoms with Crippen molar-refractivity contribution in [1.29, 1.82) is 0 Å². The number of phenols is 1. The van der Waals surface area contributed by atoms with E-state index >= 15 is 0 Å². The van der Waals surface area contributed by atoms with Crippen molar-refractivity contribution >= 4 is 24.2 Å². The van der Waals surface area contributed by atoms with Crippen LogP contribution in [0.1, 0.15) is 26.3 Å². The van der Waals surface area contributed by atoms with E-state index in [2.05, 4.69) is 0 Å². The van der Waals surface area contributed by atoms with Crippen molar-refractivity contribution in [3.63, 3.8) is 0 Å². The molecule has 1 rings (SSSR count). The first-order valence-corrected chi connectivity index (χ1v) is 3.92. The molecule has 0 heterocycles. The van der Waals surface area contributed by atoms with Crippen LogP contribution in [0.25, 0.3) is 0 Å². The van der Waals surface area contributed by atoms with Gasteiger partial charge in [-0.15, -0.1) is 0 Å². The Bertz CT molecular complexity index is 372. The number of hydrogen-bond donors (Lipinski definition) is 1. The maximum atomic E-state index is 10.5. The van der Waals surface area contributed by atoms with Crippen LogP contribution in [-0.4, -0.2) is 17.7 Å². The highest BCUT2D eigenvalue weighted by molar-refractivity contribution is 6.32. The molecule has 68 valence electrons. The average molecular weight is 199 g/mol. The third-order valence-corrected chi connectivity index (χ3v) is 2.21. The van der Waals surface area contributed by atoms with Crippen molar-refractivity contribution in [3.8, 4) is 5.75 Å². The molecule has 0 aromatic heterocycles. The molecule has 0 saturated carbocycles. The summed E-state index contributed by atoms with van der Waals surface area (Å²) in [5.74, 6) is -0.313. The van der Waals surface area contributed by atoms with Crippen molar-refractivity contribution in [2.24, 2.45) is 0 Å². The first-order chi connectivity index (χ1) is 6.11. The van der Waals surface area contributed by atoms with Crippen LogP contribution in [0.4, 0.5) is 0 Å². The summed E-state index contributed by atoms with van der Waals surface area (Å²) in [5, 5.41) is 9.67. The maximum absolute atomic E-state index is 10.5. The van der Waals surface area contributed by atoms with Gasteiger partial charge in [0.05, 0.1) is 11.1 Å². The van der Waals surface area contributed by atoms with Gasteiger partial charge in [-0.1, -0.05) is 11.6 Å². The quantitative estimate of drug-likeness (QED) is 0.740. The smallest absolute Gasteiger partial charge is 0.154 e. The largest absolute Gasteiger partial charge is 0.506 e. The highest BCUT2D eigenvalue weighted by Gasteiger charge is 2.12. The highest BCUT2D eigenvalue weighted by Crippen LogP contribution is 2.29. The number of aldehydes is 2. The van der Waals surface area contributed by atoms with Gasteiger partial charge in [-0.2, -0.15) is 0 Å². The summed E-state index contributed by atoms with van der Waals surface area (Å²) < 4.78 is 0. The molecule has 0 unspecified atom stereocenters. The van der Waals surface area contributed by atoms with Crippen molar-refractivity contribution in [1.82, 2.24) is 0 Å². The predicted molar refractivity (Wildman–Crippen MR) is 48.6 cm³/mol. The maximum Gasteiger partial charge on any atom is 0.154 e. The molecular formula is C9H7ClO3. The van der Waals surface area contributed by atoms with Crippen molar-refractivity contribution in [2.75, 3.05) is 0 Å². The Morgan fingerprint density at radius 1 is 1.38 bits per heavy atom. The molecule has 1 aromatic carbocycles. The van der Waals surface area contributed by atoms with E-state index in [0.717, 1.165) is 0 Å². The third-order valence-electron chi connectivity index (χ3n) is 1.82. The predicted octanol–water partition coefficient (Wildman–Crippen LogP) is 1.98. The van der Waals surface area contributed by atoms with Gasteiger partial charge in [-0.05, 0) is 18.6 Å². The molecule has 0 atom stereocenters. The standard InChI is InChI=1S/C9H7ClO3/c1-5-7(4-12)9(13)6(3-11)2-8(5)10/h2-4,13H,1H3. The Labute approximate surface area is 79.9 Å². The molecule has 0 amide bonds. The van der Waals surface area contributed by atoms with Crippen LogP contribution >= 0.6 is 11.6 Å². The van der Waals surface area contributed by atoms with Crippen LogP contribution in [-0.2, 0) is 0 Å². The lowest BCUT2D eigenvalue weighted by Crippen LogP contribution is -1.93. The number of aromatic hydroxyl groups is 1. The second-order valence-corrected chi connectivity index (χ2v) is 2.98. The molecule has 1 aromatic rings. The number of hydrogen-bond acceptors (Lipinski definition) is 3. The Morgan fingerprint density at radius 3 is 2.46 bits per heavy atom. The summed E-state index contributed by atoms with van der Waals surface area (Å²) in [6.45, 7) is 1.60. The topological polar surface area (TPSA) is 54.4 Å². The SMILES string of the molecule is Cc1c(Cl)cc(C=O)c(O)c1C=O. The van der Waals surface area contributed by atoms with Crippen molar-refractivity contribution in [2.45, 2.75) is 6.92 Å². The minimum absolute atomic E-state index is 0.0256. The van der Waals surface area contributed by atoms with E-state index in [0.29, 0.717) is 23.2 Å². The number of carbonyl (C=O) groups excluding carboxylic acids is 2. The number of benzene rings is 1. The van der Waals surface area contributed by atoms with Crippen LogP contribution in [0.2, 0.25) is 5.02 Å². The normalized spacial score (nSPS) is 9.69. The summed E-state index contributed by atoms with van der Waals surface area (Å²) in [7, 11) is 0. The van der Waals surface area contributed by atoms with Crippen LogP contribution in [0.3, 0.4) is 0 Å². The van der Waals surface area contributed by atoms with Gasteiger partial charge in [-0.25, -0.2) is 0 Å². The Kier molecular flexibility index (Phi) is 2.68. The van der Waals surface area contributed by atoms with Crippen molar-refractivity contribution in [3.05, 3.63) is 27.8 Å². The summed E-state index contributed by atoms with van der Waals surface area (Å²) >= 11 is 5.72. The molecule has 0 fully saturated rings. The second-order valence-electron chi connectivity index (χ2n) is 2.57. The Balaban J connectivity index is 3.56. The molecule has 1 N–H and O–H groups in total. The minimum Gasteiger partial charge on any atom is -0.506 e.